The summed E-state index contributed by atoms with van der Waals surface area (Å²) < 4.78 is 7.87. The molecule has 2 aromatic rings. The Hall–Kier alpha value is -0.200. The summed E-state index contributed by atoms with van der Waals surface area (Å²) in [5.41, 5.74) is 1.20. The van der Waals surface area contributed by atoms with Crippen LogP contribution in [0.1, 0.15) is 10.4 Å². The summed E-state index contributed by atoms with van der Waals surface area (Å²) in [6, 6.07) is 10.3. The molecule has 1 heterocycles. The molecule has 19 heavy (non-hydrogen) atoms. The second-order valence-corrected chi connectivity index (χ2v) is 6.91. The molecule has 0 saturated heterocycles. The van der Waals surface area contributed by atoms with Gasteiger partial charge < -0.3 is 10.1 Å². The Bertz CT molecular complexity index is 498. The molecule has 0 unspecified atom stereocenters. The monoisotopic (exact) mass is 403 g/mol. The molecule has 102 valence electrons. The van der Waals surface area contributed by atoms with Crippen molar-refractivity contribution in [1.82, 2.24) is 5.32 Å². The van der Waals surface area contributed by atoms with Gasteiger partial charge in [-0.15, -0.1) is 11.3 Å². The third-order valence-corrected chi connectivity index (χ3v) is 4.75. The molecule has 5 heteroatoms. The SMILES string of the molecule is Brc1ccc(COCCNCc2cc(Br)cs2)cc1. The van der Waals surface area contributed by atoms with E-state index < -0.39 is 0 Å². The van der Waals surface area contributed by atoms with Gasteiger partial charge in [0, 0.05) is 32.3 Å². The maximum atomic E-state index is 5.62. The minimum Gasteiger partial charge on any atom is -0.375 e. The number of nitrogens with one attached hydrogen (secondary N) is 1. The fourth-order valence-electron chi connectivity index (χ4n) is 1.57. The zero-order valence-corrected chi connectivity index (χ0v) is 14.4. The Kier molecular flexibility index (Phi) is 6.53. The van der Waals surface area contributed by atoms with Crippen LogP contribution < -0.4 is 5.32 Å². The minimum absolute atomic E-state index is 0.666. The number of thiophene rings is 1. The Balaban J connectivity index is 1.56. The molecular formula is C14H15Br2NOS. The lowest BCUT2D eigenvalue weighted by molar-refractivity contribution is 0.122. The molecule has 0 bridgehead atoms. The second kappa shape index (κ2) is 8.17. The molecule has 1 aromatic carbocycles. The molecule has 0 amide bonds. The quantitative estimate of drug-likeness (QED) is 0.682. The zero-order valence-electron chi connectivity index (χ0n) is 10.4. The first-order valence-corrected chi connectivity index (χ1v) is 8.46. The summed E-state index contributed by atoms with van der Waals surface area (Å²) in [5, 5.41) is 5.47. The average Bonchev–Trinajstić information content (AvgIpc) is 2.81. The van der Waals surface area contributed by atoms with E-state index in [1.807, 2.05) is 12.1 Å². The molecule has 1 aromatic heterocycles. The van der Waals surface area contributed by atoms with Gasteiger partial charge in [-0.1, -0.05) is 28.1 Å². The van der Waals surface area contributed by atoms with Gasteiger partial charge in [0.2, 0.25) is 0 Å². The van der Waals surface area contributed by atoms with Gasteiger partial charge in [0.1, 0.15) is 0 Å². The number of ether oxygens (including phenoxy) is 1. The van der Waals surface area contributed by atoms with E-state index in [1.54, 1.807) is 11.3 Å². The maximum absolute atomic E-state index is 5.62. The van der Waals surface area contributed by atoms with E-state index in [0.717, 1.165) is 28.6 Å². The summed E-state index contributed by atoms with van der Waals surface area (Å²) in [7, 11) is 0. The lowest BCUT2D eigenvalue weighted by Gasteiger charge is -2.05. The fourth-order valence-corrected chi connectivity index (χ4v) is 3.26. The van der Waals surface area contributed by atoms with E-state index in [1.165, 1.54) is 10.4 Å². The Labute approximate surface area is 134 Å². The van der Waals surface area contributed by atoms with Crippen molar-refractivity contribution in [2.24, 2.45) is 0 Å². The van der Waals surface area contributed by atoms with Crippen molar-refractivity contribution in [2.75, 3.05) is 13.2 Å². The van der Waals surface area contributed by atoms with Crippen molar-refractivity contribution in [1.29, 1.82) is 0 Å². The van der Waals surface area contributed by atoms with Crippen LogP contribution in [0.15, 0.2) is 44.7 Å². The minimum atomic E-state index is 0.666. The van der Waals surface area contributed by atoms with Crippen LogP contribution in [0.4, 0.5) is 0 Å². The van der Waals surface area contributed by atoms with E-state index in [2.05, 4.69) is 60.8 Å². The Morgan fingerprint density at radius 1 is 1.11 bits per heavy atom. The molecule has 2 rings (SSSR count). The molecule has 0 aliphatic rings. The summed E-state index contributed by atoms with van der Waals surface area (Å²) >= 11 is 8.63. The van der Waals surface area contributed by atoms with Crippen molar-refractivity contribution in [3.8, 4) is 0 Å². The molecular weight excluding hydrogens is 390 g/mol. The third kappa shape index (κ3) is 5.75. The highest BCUT2D eigenvalue weighted by Gasteiger charge is 1.97. The van der Waals surface area contributed by atoms with Crippen molar-refractivity contribution in [3.63, 3.8) is 0 Å². The maximum Gasteiger partial charge on any atom is 0.0717 e. The third-order valence-electron chi connectivity index (χ3n) is 2.53. The zero-order chi connectivity index (χ0) is 13.5. The summed E-state index contributed by atoms with van der Waals surface area (Å²) in [6.07, 6.45) is 0. The smallest absolute Gasteiger partial charge is 0.0717 e. The molecule has 0 radical (unpaired) electrons. The number of hydrogen-bond donors (Lipinski definition) is 1. The van der Waals surface area contributed by atoms with Crippen LogP contribution in [0.5, 0.6) is 0 Å². The Morgan fingerprint density at radius 3 is 2.58 bits per heavy atom. The van der Waals surface area contributed by atoms with Crippen LogP contribution in [0.3, 0.4) is 0 Å². The lowest BCUT2D eigenvalue weighted by atomic mass is 10.2. The standard InChI is InChI=1S/C14H15Br2NOS/c15-12-3-1-11(2-4-12)9-18-6-5-17-8-14-7-13(16)10-19-14/h1-4,7,10,17H,5-6,8-9H2. The van der Waals surface area contributed by atoms with E-state index >= 15 is 0 Å². The van der Waals surface area contributed by atoms with Gasteiger partial charge in [-0.3, -0.25) is 0 Å². The summed E-state index contributed by atoms with van der Waals surface area (Å²) in [6.45, 7) is 3.16. The highest BCUT2D eigenvalue weighted by Crippen LogP contribution is 2.19. The molecule has 0 atom stereocenters. The van der Waals surface area contributed by atoms with Crippen LogP contribution in [0.2, 0.25) is 0 Å². The summed E-state index contributed by atoms with van der Waals surface area (Å²) in [5.74, 6) is 0. The predicted molar refractivity (Wildman–Crippen MR) is 87.5 cm³/mol. The first-order valence-electron chi connectivity index (χ1n) is 6.00. The van der Waals surface area contributed by atoms with Crippen LogP contribution in [-0.2, 0) is 17.9 Å². The number of halogens is 2. The van der Waals surface area contributed by atoms with Crippen LogP contribution in [0, 0.1) is 0 Å². The largest absolute Gasteiger partial charge is 0.375 e. The molecule has 2 nitrogen and oxygen atoms in total. The molecule has 0 aliphatic heterocycles. The van der Waals surface area contributed by atoms with Gasteiger partial charge in [0.25, 0.3) is 0 Å². The van der Waals surface area contributed by atoms with E-state index in [9.17, 15) is 0 Å². The van der Waals surface area contributed by atoms with E-state index in [-0.39, 0.29) is 0 Å². The van der Waals surface area contributed by atoms with Crippen molar-refractivity contribution >= 4 is 43.2 Å². The highest BCUT2D eigenvalue weighted by molar-refractivity contribution is 9.10. The van der Waals surface area contributed by atoms with Gasteiger partial charge in [0.05, 0.1) is 13.2 Å². The van der Waals surface area contributed by atoms with Gasteiger partial charge in [-0.2, -0.15) is 0 Å². The molecule has 0 spiro atoms. The molecule has 0 fully saturated rings. The van der Waals surface area contributed by atoms with Crippen molar-refractivity contribution in [3.05, 3.63) is 55.1 Å². The number of rotatable bonds is 7. The molecule has 1 N–H and O–H groups in total. The molecule has 0 saturated carbocycles. The van der Waals surface area contributed by atoms with Gasteiger partial charge in [-0.05, 0) is 39.7 Å². The number of benzene rings is 1. The number of hydrogen-bond acceptors (Lipinski definition) is 3. The van der Waals surface area contributed by atoms with E-state index in [4.69, 9.17) is 4.74 Å². The predicted octanol–water partition coefficient (Wildman–Crippen LogP) is 4.58. The topological polar surface area (TPSA) is 21.3 Å². The average molecular weight is 405 g/mol. The first-order chi connectivity index (χ1) is 9.24. The highest BCUT2D eigenvalue weighted by atomic mass is 79.9. The first kappa shape index (κ1) is 15.2. The second-order valence-electron chi connectivity index (χ2n) is 4.09. The van der Waals surface area contributed by atoms with Gasteiger partial charge in [-0.25, -0.2) is 0 Å². The normalized spacial score (nSPS) is 10.8. The van der Waals surface area contributed by atoms with E-state index in [0.29, 0.717) is 6.61 Å². The van der Waals surface area contributed by atoms with Crippen LogP contribution >= 0.6 is 43.2 Å². The van der Waals surface area contributed by atoms with Gasteiger partial charge >= 0.3 is 0 Å². The lowest BCUT2D eigenvalue weighted by Crippen LogP contribution is -2.18. The van der Waals surface area contributed by atoms with Crippen molar-refractivity contribution in [2.45, 2.75) is 13.2 Å². The summed E-state index contributed by atoms with van der Waals surface area (Å²) in [4.78, 5) is 1.33. The van der Waals surface area contributed by atoms with Crippen molar-refractivity contribution < 1.29 is 4.74 Å². The Morgan fingerprint density at radius 2 is 1.89 bits per heavy atom. The van der Waals surface area contributed by atoms with Gasteiger partial charge in [0.15, 0.2) is 0 Å². The van der Waals surface area contributed by atoms with Crippen LogP contribution in [-0.4, -0.2) is 13.2 Å². The fraction of sp³-hybridized carbons (Fsp3) is 0.286. The molecule has 0 aliphatic carbocycles. The van der Waals surface area contributed by atoms with Crippen LogP contribution in [0.25, 0.3) is 0 Å².